The Balaban J connectivity index is 1.66. The summed E-state index contributed by atoms with van der Waals surface area (Å²) in [5.74, 6) is -0.615. The molecule has 0 fully saturated rings. The SMILES string of the molecule is Cc1ccc(-n2c(SCC(=O)N(Cc3ccco3)CC(F)(F)F)nc3ccccc3c2=O)nc1. The number of pyridine rings is 1. The molecule has 0 aliphatic rings. The van der Waals surface area contributed by atoms with Gasteiger partial charge in [-0.3, -0.25) is 9.59 Å². The topological polar surface area (TPSA) is 81.2 Å². The molecule has 1 aromatic carbocycles. The molecule has 0 atom stereocenters. The normalized spacial score (nSPS) is 11.6. The quantitative estimate of drug-likeness (QED) is 0.284. The molecule has 3 aromatic heterocycles. The minimum atomic E-state index is -4.58. The fraction of sp³-hybridized carbons (Fsp3) is 0.217. The number of carbonyl (C=O) groups is 1. The van der Waals surface area contributed by atoms with E-state index in [4.69, 9.17) is 4.42 Å². The Labute approximate surface area is 196 Å². The first kappa shape index (κ1) is 23.6. The van der Waals surface area contributed by atoms with Crippen molar-refractivity contribution in [2.45, 2.75) is 24.8 Å². The number of furan rings is 1. The number of thioether (sulfide) groups is 1. The Bertz CT molecular complexity index is 1350. The molecule has 34 heavy (non-hydrogen) atoms. The largest absolute Gasteiger partial charge is 0.467 e. The van der Waals surface area contributed by atoms with Crippen molar-refractivity contribution in [3.63, 3.8) is 0 Å². The predicted molar refractivity (Wildman–Crippen MR) is 121 cm³/mol. The van der Waals surface area contributed by atoms with Crippen molar-refractivity contribution in [3.05, 3.63) is 82.7 Å². The van der Waals surface area contributed by atoms with E-state index in [-0.39, 0.29) is 28.8 Å². The average Bonchev–Trinajstić information content (AvgIpc) is 3.30. The molecule has 3 heterocycles. The summed E-state index contributed by atoms with van der Waals surface area (Å²) < 4.78 is 45.7. The van der Waals surface area contributed by atoms with Crippen LogP contribution in [0, 0.1) is 6.92 Å². The summed E-state index contributed by atoms with van der Waals surface area (Å²) in [6.45, 7) is 0.0920. The van der Waals surface area contributed by atoms with Gasteiger partial charge in [-0.1, -0.05) is 30.0 Å². The second-order valence-corrected chi connectivity index (χ2v) is 8.42. The molecule has 0 radical (unpaired) electrons. The van der Waals surface area contributed by atoms with Crippen LogP contribution in [-0.2, 0) is 11.3 Å². The van der Waals surface area contributed by atoms with E-state index in [9.17, 15) is 22.8 Å². The number of hydrogen-bond acceptors (Lipinski definition) is 6. The van der Waals surface area contributed by atoms with Crippen LogP contribution in [0.4, 0.5) is 13.2 Å². The van der Waals surface area contributed by atoms with Crippen LogP contribution in [0.3, 0.4) is 0 Å². The zero-order chi connectivity index (χ0) is 24.3. The van der Waals surface area contributed by atoms with Crippen LogP contribution in [0.25, 0.3) is 16.7 Å². The van der Waals surface area contributed by atoms with Gasteiger partial charge < -0.3 is 9.32 Å². The number of halogens is 3. The van der Waals surface area contributed by atoms with Crippen molar-refractivity contribution in [2.24, 2.45) is 0 Å². The van der Waals surface area contributed by atoms with Crippen molar-refractivity contribution in [2.75, 3.05) is 12.3 Å². The summed E-state index contributed by atoms with van der Waals surface area (Å²) in [4.78, 5) is 35.5. The third-order valence-electron chi connectivity index (χ3n) is 4.84. The van der Waals surface area contributed by atoms with Gasteiger partial charge in [0.05, 0.1) is 29.5 Å². The van der Waals surface area contributed by atoms with E-state index < -0.39 is 18.6 Å². The van der Waals surface area contributed by atoms with Gasteiger partial charge in [0, 0.05) is 6.20 Å². The molecular weight excluding hydrogens is 469 g/mol. The zero-order valence-corrected chi connectivity index (χ0v) is 18.8. The van der Waals surface area contributed by atoms with E-state index in [1.54, 1.807) is 42.6 Å². The van der Waals surface area contributed by atoms with Crippen LogP contribution in [-0.4, -0.2) is 43.8 Å². The molecule has 0 unspecified atom stereocenters. The molecule has 4 rings (SSSR count). The maximum absolute atomic E-state index is 13.2. The number of benzene rings is 1. The maximum atomic E-state index is 13.2. The van der Waals surface area contributed by atoms with E-state index in [0.717, 1.165) is 17.3 Å². The fourth-order valence-electron chi connectivity index (χ4n) is 3.26. The second kappa shape index (κ2) is 9.72. The standard InChI is InChI=1S/C23H19F3N4O3S/c1-15-8-9-19(27-11-15)30-21(32)17-6-2-3-7-18(17)28-22(30)34-13-20(31)29(14-23(24,25)26)12-16-5-4-10-33-16/h2-11H,12-14H2,1H3. The van der Waals surface area contributed by atoms with Crippen LogP contribution in [0.15, 0.2) is 75.4 Å². The molecule has 7 nitrogen and oxygen atoms in total. The highest BCUT2D eigenvalue weighted by Gasteiger charge is 2.33. The second-order valence-electron chi connectivity index (χ2n) is 7.48. The number of hydrogen-bond donors (Lipinski definition) is 0. The number of fused-ring (bicyclic) bond motifs is 1. The van der Waals surface area contributed by atoms with E-state index >= 15 is 0 Å². The fourth-order valence-corrected chi connectivity index (χ4v) is 4.16. The first-order chi connectivity index (χ1) is 16.2. The van der Waals surface area contributed by atoms with Gasteiger partial charge >= 0.3 is 6.18 Å². The number of aryl methyl sites for hydroxylation is 1. The van der Waals surface area contributed by atoms with Gasteiger partial charge in [0.1, 0.15) is 18.1 Å². The third-order valence-corrected chi connectivity index (χ3v) is 5.77. The number of rotatable bonds is 7. The summed E-state index contributed by atoms with van der Waals surface area (Å²) in [6.07, 6.45) is -1.67. The number of alkyl halides is 3. The molecule has 0 saturated carbocycles. The van der Waals surface area contributed by atoms with Gasteiger partial charge in [-0.05, 0) is 42.8 Å². The Morgan fingerprint density at radius 2 is 1.94 bits per heavy atom. The van der Waals surface area contributed by atoms with Gasteiger partial charge in [-0.25, -0.2) is 14.5 Å². The lowest BCUT2D eigenvalue weighted by atomic mass is 10.2. The van der Waals surface area contributed by atoms with E-state index in [2.05, 4.69) is 9.97 Å². The number of aromatic nitrogens is 3. The predicted octanol–water partition coefficient (Wildman–Crippen LogP) is 4.37. The molecule has 0 bridgehead atoms. The van der Waals surface area contributed by atoms with Gasteiger partial charge in [0.25, 0.3) is 5.56 Å². The molecule has 0 aliphatic carbocycles. The smallest absolute Gasteiger partial charge is 0.406 e. The highest BCUT2D eigenvalue weighted by molar-refractivity contribution is 7.99. The van der Waals surface area contributed by atoms with Crippen molar-refractivity contribution >= 4 is 28.6 Å². The average molecular weight is 488 g/mol. The maximum Gasteiger partial charge on any atom is 0.406 e. The summed E-state index contributed by atoms with van der Waals surface area (Å²) in [5, 5.41) is 0.510. The third kappa shape index (κ3) is 5.48. The molecule has 1 amide bonds. The number of carbonyl (C=O) groups excluding carboxylic acids is 1. The van der Waals surface area contributed by atoms with Gasteiger partial charge in [0.2, 0.25) is 5.91 Å². The highest BCUT2D eigenvalue weighted by Crippen LogP contribution is 2.23. The van der Waals surface area contributed by atoms with E-state index in [0.29, 0.717) is 21.6 Å². The van der Waals surface area contributed by atoms with E-state index in [1.165, 1.54) is 23.0 Å². The number of amides is 1. The van der Waals surface area contributed by atoms with Crippen LogP contribution in [0.5, 0.6) is 0 Å². The molecule has 0 saturated heterocycles. The van der Waals surface area contributed by atoms with Crippen LogP contribution in [0.1, 0.15) is 11.3 Å². The molecule has 0 aliphatic heterocycles. The zero-order valence-electron chi connectivity index (χ0n) is 18.0. The number of para-hydroxylation sites is 1. The first-order valence-electron chi connectivity index (χ1n) is 10.2. The van der Waals surface area contributed by atoms with Crippen molar-refractivity contribution < 1.29 is 22.4 Å². The monoisotopic (exact) mass is 488 g/mol. The highest BCUT2D eigenvalue weighted by atomic mass is 32.2. The lowest BCUT2D eigenvalue weighted by Gasteiger charge is -2.23. The summed E-state index contributed by atoms with van der Waals surface area (Å²) in [7, 11) is 0. The number of nitrogens with zero attached hydrogens (tertiary/aromatic N) is 4. The van der Waals surface area contributed by atoms with E-state index in [1.807, 2.05) is 6.92 Å². The summed E-state index contributed by atoms with van der Waals surface area (Å²) >= 11 is 0.873. The molecular formula is C23H19F3N4O3S. The summed E-state index contributed by atoms with van der Waals surface area (Å²) in [6, 6.07) is 13.2. The van der Waals surface area contributed by atoms with Crippen molar-refractivity contribution in [1.29, 1.82) is 0 Å². The molecule has 0 N–H and O–H groups in total. The minimum Gasteiger partial charge on any atom is -0.467 e. The Kier molecular flexibility index (Phi) is 6.73. The van der Waals surface area contributed by atoms with Crippen LogP contribution in [0.2, 0.25) is 0 Å². The van der Waals surface area contributed by atoms with Crippen LogP contribution >= 0.6 is 11.8 Å². The Morgan fingerprint density at radius 3 is 2.62 bits per heavy atom. The Hall–Kier alpha value is -3.60. The van der Waals surface area contributed by atoms with Crippen molar-refractivity contribution in [1.82, 2.24) is 19.4 Å². The van der Waals surface area contributed by atoms with Crippen molar-refractivity contribution in [3.8, 4) is 5.82 Å². The van der Waals surface area contributed by atoms with Crippen LogP contribution < -0.4 is 5.56 Å². The Morgan fingerprint density at radius 1 is 1.15 bits per heavy atom. The molecule has 0 spiro atoms. The van der Waals surface area contributed by atoms with Gasteiger partial charge in [-0.2, -0.15) is 13.2 Å². The molecule has 11 heteroatoms. The lowest BCUT2D eigenvalue weighted by molar-refractivity contribution is -0.161. The van der Waals surface area contributed by atoms with Gasteiger partial charge in [0.15, 0.2) is 5.16 Å². The molecule has 176 valence electrons. The van der Waals surface area contributed by atoms with Gasteiger partial charge in [-0.15, -0.1) is 0 Å². The minimum absolute atomic E-state index is 0.151. The lowest BCUT2D eigenvalue weighted by Crippen LogP contribution is -2.39. The molecule has 4 aromatic rings. The first-order valence-corrected chi connectivity index (χ1v) is 11.1. The summed E-state index contributed by atoms with van der Waals surface area (Å²) in [5.41, 5.74) is 0.906.